The molecule has 1 N–H and O–H groups in total. The minimum Gasteiger partial charge on any atom is -0.458 e. The zero-order chi connectivity index (χ0) is 16.9. The molecule has 0 amide bonds. The Morgan fingerprint density at radius 3 is 2.87 bits per heavy atom. The number of carbonyl (C=O) groups is 2. The van der Waals surface area contributed by atoms with Crippen LogP contribution >= 0.6 is 0 Å². The quantitative estimate of drug-likeness (QED) is 0.339. The summed E-state index contributed by atoms with van der Waals surface area (Å²) in [5.74, 6) is -1.35. The lowest BCUT2D eigenvalue weighted by Gasteiger charge is -2.26. The van der Waals surface area contributed by atoms with Gasteiger partial charge in [0, 0.05) is 25.3 Å². The standard InChI is InChI=1S/C17H22O6/c1-8-5-11(19)15-9(2)16(20)22-13(15)7-17(4)14(23-17)6-12(8)21-10(3)18/h5,11-15,19H,2,6-7H2,1,3-4H3. The van der Waals surface area contributed by atoms with E-state index in [9.17, 15) is 14.7 Å². The van der Waals surface area contributed by atoms with E-state index in [0.717, 1.165) is 5.57 Å². The molecule has 0 aromatic carbocycles. The van der Waals surface area contributed by atoms with Gasteiger partial charge in [-0.2, -0.15) is 0 Å². The molecule has 6 heteroatoms. The van der Waals surface area contributed by atoms with Crippen LogP contribution in [0, 0.1) is 5.92 Å². The molecule has 2 saturated heterocycles. The lowest BCUT2D eigenvalue weighted by atomic mass is 9.82. The second-order valence-electron chi connectivity index (χ2n) is 6.85. The maximum absolute atomic E-state index is 11.8. The van der Waals surface area contributed by atoms with Crippen molar-refractivity contribution in [1.82, 2.24) is 0 Å². The molecule has 6 atom stereocenters. The van der Waals surface area contributed by atoms with Crippen LogP contribution in [-0.4, -0.2) is 47.1 Å². The van der Waals surface area contributed by atoms with Crippen LogP contribution in [0.5, 0.6) is 0 Å². The highest BCUT2D eigenvalue weighted by atomic mass is 16.6. The van der Waals surface area contributed by atoms with E-state index < -0.39 is 35.8 Å². The Labute approximate surface area is 135 Å². The van der Waals surface area contributed by atoms with Gasteiger partial charge in [0.05, 0.1) is 23.7 Å². The van der Waals surface area contributed by atoms with Gasteiger partial charge in [-0.25, -0.2) is 4.79 Å². The molecule has 2 heterocycles. The van der Waals surface area contributed by atoms with Gasteiger partial charge < -0.3 is 19.3 Å². The fourth-order valence-corrected chi connectivity index (χ4v) is 3.61. The summed E-state index contributed by atoms with van der Waals surface area (Å²) in [7, 11) is 0. The molecular formula is C17H22O6. The van der Waals surface area contributed by atoms with E-state index in [4.69, 9.17) is 14.2 Å². The minimum atomic E-state index is -0.920. The zero-order valence-corrected chi connectivity index (χ0v) is 13.6. The third-order valence-corrected chi connectivity index (χ3v) is 5.01. The first kappa shape index (κ1) is 16.2. The van der Waals surface area contributed by atoms with Crippen molar-refractivity contribution in [1.29, 1.82) is 0 Å². The van der Waals surface area contributed by atoms with Gasteiger partial charge in [0.1, 0.15) is 12.2 Å². The highest BCUT2D eigenvalue weighted by Gasteiger charge is 2.58. The van der Waals surface area contributed by atoms with Gasteiger partial charge in [-0.15, -0.1) is 0 Å². The van der Waals surface area contributed by atoms with Gasteiger partial charge in [0.2, 0.25) is 0 Å². The smallest absolute Gasteiger partial charge is 0.334 e. The number of ether oxygens (including phenoxy) is 3. The van der Waals surface area contributed by atoms with Gasteiger partial charge in [-0.05, 0) is 19.4 Å². The summed E-state index contributed by atoms with van der Waals surface area (Å²) in [4.78, 5) is 23.2. The summed E-state index contributed by atoms with van der Waals surface area (Å²) in [6.45, 7) is 8.86. The van der Waals surface area contributed by atoms with Crippen LogP contribution in [0.4, 0.5) is 0 Å². The van der Waals surface area contributed by atoms with E-state index in [0.29, 0.717) is 12.8 Å². The van der Waals surface area contributed by atoms with E-state index in [1.165, 1.54) is 6.92 Å². The second-order valence-corrected chi connectivity index (χ2v) is 6.85. The summed E-state index contributed by atoms with van der Waals surface area (Å²) in [6, 6.07) is 0. The SMILES string of the molecule is C=C1C(=O)OC2CC3(C)OC3CC(OC(C)=O)C(C)=CC(O)C12. The maximum atomic E-state index is 11.8. The van der Waals surface area contributed by atoms with E-state index in [-0.39, 0.29) is 17.6 Å². The zero-order valence-electron chi connectivity index (χ0n) is 13.6. The molecule has 1 aliphatic carbocycles. The molecule has 0 aromatic heterocycles. The molecule has 126 valence electrons. The number of carbonyl (C=O) groups excluding carboxylic acids is 2. The highest BCUT2D eigenvalue weighted by Crippen LogP contribution is 2.48. The van der Waals surface area contributed by atoms with Crippen molar-refractivity contribution in [3.8, 4) is 0 Å². The lowest BCUT2D eigenvalue weighted by molar-refractivity contribution is -0.145. The Hall–Kier alpha value is -1.66. The van der Waals surface area contributed by atoms with Crippen molar-refractivity contribution < 1.29 is 28.9 Å². The molecule has 0 bridgehead atoms. The number of hydrogen-bond donors (Lipinski definition) is 1. The number of epoxide rings is 1. The third kappa shape index (κ3) is 2.93. The number of hydrogen-bond acceptors (Lipinski definition) is 6. The number of fused-ring (bicyclic) bond motifs is 2. The third-order valence-electron chi connectivity index (χ3n) is 5.01. The molecule has 6 unspecified atom stereocenters. The Bertz CT molecular complexity index is 594. The van der Waals surface area contributed by atoms with Crippen molar-refractivity contribution in [2.24, 2.45) is 5.92 Å². The molecule has 3 rings (SSSR count). The average molecular weight is 322 g/mol. The predicted octanol–water partition coefficient (Wildman–Crippen LogP) is 1.27. The van der Waals surface area contributed by atoms with Crippen LogP contribution in [0.15, 0.2) is 23.8 Å². The maximum Gasteiger partial charge on any atom is 0.334 e. The molecule has 0 saturated carbocycles. The van der Waals surface area contributed by atoms with Gasteiger partial charge in [0.25, 0.3) is 0 Å². The van der Waals surface area contributed by atoms with Gasteiger partial charge in [-0.3, -0.25) is 4.79 Å². The normalized spacial score (nSPS) is 43.0. The van der Waals surface area contributed by atoms with Crippen LogP contribution < -0.4 is 0 Å². The fraction of sp³-hybridized carbons (Fsp3) is 0.647. The molecule has 2 fully saturated rings. The Balaban J connectivity index is 1.94. The van der Waals surface area contributed by atoms with Gasteiger partial charge >= 0.3 is 11.9 Å². The number of esters is 2. The Kier molecular flexibility index (Phi) is 3.84. The number of rotatable bonds is 1. The molecule has 6 nitrogen and oxygen atoms in total. The fourth-order valence-electron chi connectivity index (χ4n) is 3.61. The van der Waals surface area contributed by atoms with Gasteiger partial charge in [-0.1, -0.05) is 12.7 Å². The first-order chi connectivity index (χ1) is 10.7. The lowest BCUT2D eigenvalue weighted by Crippen LogP contribution is -2.34. The molecule has 0 radical (unpaired) electrons. The van der Waals surface area contributed by atoms with Crippen LogP contribution in [0.2, 0.25) is 0 Å². The number of aliphatic hydroxyl groups excluding tert-OH is 1. The summed E-state index contributed by atoms with van der Waals surface area (Å²) < 4.78 is 16.5. The summed E-state index contributed by atoms with van der Waals surface area (Å²) in [5, 5.41) is 10.5. The molecule has 0 spiro atoms. The summed E-state index contributed by atoms with van der Waals surface area (Å²) in [5.41, 5.74) is 0.569. The number of aliphatic hydroxyl groups is 1. The van der Waals surface area contributed by atoms with Crippen LogP contribution in [0.25, 0.3) is 0 Å². The predicted molar refractivity (Wildman–Crippen MR) is 80.3 cm³/mol. The van der Waals surface area contributed by atoms with Crippen molar-refractivity contribution in [3.05, 3.63) is 23.8 Å². The highest BCUT2D eigenvalue weighted by molar-refractivity contribution is 5.91. The monoisotopic (exact) mass is 322 g/mol. The first-order valence-corrected chi connectivity index (χ1v) is 7.82. The minimum absolute atomic E-state index is 0.0707. The Morgan fingerprint density at radius 2 is 2.22 bits per heavy atom. The van der Waals surface area contributed by atoms with Crippen LogP contribution in [0.3, 0.4) is 0 Å². The van der Waals surface area contributed by atoms with Crippen molar-refractivity contribution >= 4 is 11.9 Å². The van der Waals surface area contributed by atoms with E-state index in [1.807, 2.05) is 6.92 Å². The van der Waals surface area contributed by atoms with Crippen LogP contribution in [0.1, 0.15) is 33.6 Å². The Morgan fingerprint density at radius 1 is 1.52 bits per heavy atom. The van der Waals surface area contributed by atoms with E-state index in [2.05, 4.69) is 6.58 Å². The summed E-state index contributed by atoms with van der Waals surface area (Å²) in [6.07, 6.45) is 0.755. The topological polar surface area (TPSA) is 85.4 Å². The van der Waals surface area contributed by atoms with E-state index >= 15 is 0 Å². The first-order valence-electron chi connectivity index (χ1n) is 7.82. The molecule has 2 aliphatic heterocycles. The molecule has 23 heavy (non-hydrogen) atoms. The summed E-state index contributed by atoms with van der Waals surface area (Å²) >= 11 is 0. The largest absolute Gasteiger partial charge is 0.458 e. The van der Waals surface area contributed by atoms with Crippen molar-refractivity contribution in [3.63, 3.8) is 0 Å². The average Bonchev–Trinajstić information content (AvgIpc) is 2.96. The van der Waals surface area contributed by atoms with Crippen molar-refractivity contribution in [2.45, 2.75) is 63.6 Å². The van der Waals surface area contributed by atoms with Crippen molar-refractivity contribution in [2.75, 3.05) is 0 Å². The molecule has 0 aromatic rings. The molecule has 3 aliphatic rings. The van der Waals surface area contributed by atoms with Gasteiger partial charge in [0.15, 0.2) is 0 Å². The second kappa shape index (κ2) is 5.46. The van der Waals surface area contributed by atoms with Crippen LogP contribution in [-0.2, 0) is 23.8 Å². The molecular weight excluding hydrogens is 300 g/mol. The van der Waals surface area contributed by atoms with E-state index in [1.54, 1.807) is 13.0 Å².